The van der Waals surface area contributed by atoms with E-state index < -0.39 is 4.92 Å². The summed E-state index contributed by atoms with van der Waals surface area (Å²) >= 11 is 0. The van der Waals surface area contributed by atoms with Gasteiger partial charge in [0.1, 0.15) is 0 Å². The second kappa shape index (κ2) is 6.08. The van der Waals surface area contributed by atoms with Crippen LogP contribution >= 0.6 is 0 Å². The first-order chi connectivity index (χ1) is 9.16. The maximum absolute atomic E-state index is 11.8. The van der Waals surface area contributed by atoms with Gasteiger partial charge < -0.3 is 0 Å². The predicted molar refractivity (Wildman–Crippen MR) is 71.3 cm³/mol. The number of nitrogens with zero attached hydrogens (tertiary/aromatic N) is 3. The van der Waals surface area contributed by atoms with Crippen LogP contribution in [0.2, 0.25) is 0 Å². The van der Waals surface area contributed by atoms with Gasteiger partial charge >= 0.3 is 0 Å². The second-order valence-corrected chi connectivity index (χ2v) is 4.43. The third-order valence-corrected chi connectivity index (χ3v) is 3.03. The molecule has 0 bridgehead atoms. The summed E-state index contributed by atoms with van der Waals surface area (Å²) in [7, 11) is 0. The quantitative estimate of drug-likeness (QED) is 0.360. The summed E-state index contributed by atoms with van der Waals surface area (Å²) in [6, 6.07) is 5.54. The third-order valence-electron chi connectivity index (χ3n) is 3.03. The molecule has 0 aromatic heterocycles. The number of non-ortho nitro benzene ring substituents is 1. The zero-order valence-electron chi connectivity index (χ0n) is 10.5. The van der Waals surface area contributed by atoms with Crippen molar-refractivity contribution < 1.29 is 9.72 Å². The molecular formula is C13H15N3O3. The van der Waals surface area contributed by atoms with Crippen molar-refractivity contribution in [3.05, 3.63) is 39.9 Å². The van der Waals surface area contributed by atoms with Crippen LogP contribution in [0, 0.1) is 10.1 Å². The lowest BCUT2D eigenvalue weighted by atomic mass is 10.1. The summed E-state index contributed by atoms with van der Waals surface area (Å²) in [5.74, 6) is -0.236. The van der Waals surface area contributed by atoms with Crippen molar-refractivity contribution in [2.24, 2.45) is 5.10 Å². The van der Waals surface area contributed by atoms with E-state index >= 15 is 0 Å². The Labute approximate surface area is 110 Å². The van der Waals surface area contributed by atoms with Gasteiger partial charge in [-0.05, 0) is 31.4 Å². The van der Waals surface area contributed by atoms with Crippen LogP contribution in [-0.4, -0.2) is 35.0 Å². The molecule has 0 radical (unpaired) electrons. The Hall–Kier alpha value is -2.24. The highest BCUT2D eigenvalue weighted by molar-refractivity contribution is 6.35. The molecule has 6 heteroatoms. The topological polar surface area (TPSA) is 75.8 Å². The van der Waals surface area contributed by atoms with Gasteiger partial charge in [0.25, 0.3) is 5.69 Å². The average molecular weight is 261 g/mol. The van der Waals surface area contributed by atoms with Crippen LogP contribution in [0.15, 0.2) is 29.4 Å². The van der Waals surface area contributed by atoms with E-state index in [2.05, 4.69) is 5.10 Å². The Bertz CT molecular complexity index is 490. The Morgan fingerprint density at radius 2 is 1.84 bits per heavy atom. The Morgan fingerprint density at radius 3 is 2.42 bits per heavy atom. The lowest BCUT2D eigenvalue weighted by molar-refractivity contribution is -0.384. The minimum absolute atomic E-state index is 0.0236. The molecule has 0 saturated carbocycles. The van der Waals surface area contributed by atoms with Gasteiger partial charge in [-0.2, -0.15) is 5.10 Å². The Balaban J connectivity index is 1.98. The second-order valence-electron chi connectivity index (χ2n) is 4.43. The maximum Gasteiger partial charge on any atom is 0.269 e. The fourth-order valence-corrected chi connectivity index (χ4v) is 1.95. The summed E-state index contributed by atoms with van der Waals surface area (Å²) in [4.78, 5) is 21.8. The summed E-state index contributed by atoms with van der Waals surface area (Å²) in [5.41, 5.74) is 0.385. The number of carbonyl (C=O) groups is 1. The van der Waals surface area contributed by atoms with Crippen LogP contribution in [0.3, 0.4) is 0 Å². The number of rotatable bonds is 4. The van der Waals surface area contributed by atoms with Crippen LogP contribution in [0.1, 0.15) is 29.6 Å². The standard InChI is InChI=1S/C13H15N3O3/c17-13(10-14-15-8-2-1-3-9-15)11-4-6-12(7-5-11)16(18)19/h4-7,10H,1-3,8-9H2/b14-10-. The fourth-order valence-electron chi connectivity index (χ4n) is 1.95. The first-order valence-corrected chi connectivity index (χ1v) is 6.24. The molecule has 0 atom stereocenters. The monoisotopic (exact) mass is 261 g/mol. The fraction of sp³-hybridized carbons (Fsp3) is 0.385. The van der Waals surface area contributed by atoms with Crippen LogP contribution in [-0.2, 0) is 0 Å². The molecular weight excluding hydrogens is 246 g/mol. The number of carbonyl (C=O) groups excluding carboxylic acids is 1. The lowest BCUT2D eigenvalue weighted by Crippen LogP contribution is -2.25. The maximum atomic E-state index is 11.8. The Kier molecular flexibility index (Phi) is 4.22. The number of hydrogen-bond acceptors (Lipinski definition) is 5. The van der Waals surface area contributed by atoms with Crippen LogP contribution in [0.25, 0.3) is 0 Å². The molecule has 0 aliphatic carbocycles. The largest absolute Gasteiger partial charge is 0.297 e. The number of piperidine rings is 1. The van der Waals surface area contributed by atoms with Gasteiger partial charge in [-0.15, -0.1) is 0 Å². The molecule has 6 nitrogen and oxygen atoms in total. The summed E-state index contributed by atoms with van der Waals surface area (Å²) in [6.45, 7) is 1.76. The number of ketones is 1. The van der Waals surface area contributed by atoms with Crippen molar-refractivity contribution in [3.63, 3.8) is 0 Å². The molecule has 1 aromatic rings. The molecule has 1 fully saturated rings. The SMILES string of the molecule is O=C(/C=N\N1CCCCC1)c1ccc([N+](=O)[O-])cc1. The summed E-state index contributed by atoms with van der Waals surface area (Å²) in [5, 5.41) is 16.5. The Morgan fingerprint density at radius 1 is 1.21 bits per heavy atom. The molecule has 1 aliphatic rings. The number of Topliss-reactive ketones (excluding diaryl/α,β-unsaturated/α-hetero) is 1. The molecule has 1 aliphatic heterocycles. The van der Waals surface area contributed by atoms with Crippen LogP contribution < -0.4 is 0 Å². The molecule has 0 amide bonds. The molecule has 0 N–H and O–H groups in total. The normalized spacial score (nSPS) is 15.7. The van der Waals surface area contributed by atoms with Crippen molar-refractivity contribution in [1.82, 2.24) is 5.01 Å². The molecule has 1 heterocycles. The van der Waals surface area contributed by atoms with E-state index in [1.807, 2.05) is 5.01 Å². The average Bonchev–Trinajstić information content (AvgIpc) is 2.46. The minimum atomic E-state index is -0.490. The highest BCUT2D eigenvalue weighted by Gasteiger charge is 2.10. The highest BCUT2D eigenvalue weighted by atomic mass is 16.6. The van der Waals surface area contributed by atoms with E-state index in [1.54, 1.807) is 0 Å². The zero-order valence-corrected chi connectivity index (χ0v) is 10.5. The van der Waals surface area contributed by atoms with Gasteiger partial charge in [0.2, 0.25) is 5.78 Å². The first-order valence-electron chi connectivity index (χ1n) is 6.24. The van der Waals surface area contributed by atoms with Crippen LogP contribution in [0.4, 0.5) is 5.69 Å². The molecule has 19 heavy (non-hydrogen) atoms. The van der Waals surface area contributed by atoms with E-state index in [0.29, 0.717) is 5.56 Å². The van der Waals surface area contributed by atoms with Gasteiger partial charge in [0, 0.05) is 30.8 Å². The highest BCUT2D eigenvalue weighted by Crippen LogP contribution is 2.12. The van der Waals surface area contributed by atoms with E-state index in [4.69, 9.17) is 0 Å². The van der Waals surface area contributed by atoms with Crippen molar-refractivity contribution in [1.29, 1.82) is 0 Å². The molecule has 0 spiro atoms. The minimum Gasteiger partial charge on any atom is -0.297 e. The van der Waals surface area contributed by atoms with Crippen molar-refractivity contribution >= 4 is 17.7 Å². The molecule has 1 aromatic carbocycles. The number of nitro groups is 1. The van der Waals surface area contributed by atoms with E-state index in [9.17, 15) is 14.9 Å². The smallest absolute Gasteiger partial charge is 0.269 e. The van der Waals surface area contributed by atoms with Gasteiger partial charge in [0.15, 0.2) is 0 Å². The lowest BCUT2D eigenvalue weighted by Gasteiger charge is -2.22. The number of hydrazone groups is 1. The van der Waals surface area contributed by atoms with E-state index in [-0.39, 0.29) is 11.5 Å². The van der Waals surface area contributed by atoms with Gasteiger partial charge in [-0.1, -0.05) is 0 Å². The van der Waals surface area contributed by atoms with Crippen LogP contribution in [0.5, 0.6) is 0 Å². The first kappa shape index (κ1) is 13.2. The van der Waals surface area contributed by atoms with Crippen molar-refractivity contribution in [2.75, 3.05) is 13.1 Å². The van der Waals surface area contributed by atoms with Crippen molar-refractivity contribution in [2.45, 2.75) is 19.3 Å². The third kappa shape index (κ3) is 3.61. The summed E-state index contributed by atoms with van der Waals surface area (Å²) < 4.78 is 0. The molecule has 0 unspecified atom stereocenters. The number of benzene rings is 1. The summed E-state index contributed by atoms with van der Waals surface area (Å²) in [6.07, 6.45) is 4.70. The predicted octanol–water partition coefficient (Wildman–Crippen LogP) is 2.25. The number of hydrogen-bond donors (Lipinski definition) is 0. The van der Waals surface area contributed by atoms with Gasteiger partial charge in [-0.3, -0.25) is 19.9 Å². The van der Waals surface area contributed by atoms with Gasteiger partial charge in [0.05, 0.1) is 11.1 Å². The molecule has 100 valence electrons. The molecule has 2 rings (SSSR count). The molecule has 1 saturated heterocycles. The van der Waals surface area contributed by atoms with Gasteiger partial charge in [-0.25, -0.2) is 0 Å². The van der Waals surface area contributed by atoms with E-state index in [1.165, 1.54) is 36.9 Å². The number of nitro benzene ring substituents is 1. The van der Waals surface area contributed by atoms with Crippen molar-refractivity contribution in [3.8, 4) is 0 Å². The zero-order chi connectivity index (χ0) is 13.7. The van der Waals surface area contributed by atoms with E-state index in [0.717, 1.165) is 25.9 Å².